The number of rotatable bonds is 5. The number of hydrogen-bond acceptors (Lipinski definition) is 2. The van der Waals surface area contributed by atoms with Crippen LogP contribution in [0.25, 0.3) is 0 Å². The Morgan fingerprint density at radius 3 is 2.44 bits per heavy atom. The third kappa shape index (κ3) is 4.06. The molecule has 1 aromatic rings. The molecule has 0 fully saturated rings. The van der Waals surface area contributed by atoms with E-state index < -0.39 is 12.0 Å². The van der Waals surface area contributed by atoms with Gasteiger partial charge in [-0.25, -0.2) is 8.78 Å². The molecule has 1 atom stereocenters. The third-order valence-electron chi connectivity index (χ3n) is 2.16. The van der Waals surface area contributed by atoms with Crippen molar-refractivity contribution in [2.24, 2.45) is 0 Å². The van der Waals surface area contributed by atoms with Gasteiger partial charge in [-0.05, 0) is 31.2 Å². The minimum Gasteiger partial charge on any atom is -0.493 e. The first-order valence-corrected chi connectivity index (χ1v) is 5.60. The van der Waals surface area contributed by atoms with Crippen molar-refractivity contribution in [1.82, 2.24) is 0 Å². The van der Waals surface area contributed by atoms with Crippen LogP contribution in [0.5, 0.6) is 5.75 Å². The number of hydrogen-bond donors (Lipinski definition) is 1. The van der Waals surface area contributed by atoms with Crippen LogP contribution in [0, 0.1) is 0 Å². The van der Waals surface area contributed by atoms with E-state index in [0.717, 1.165) is 11.4 Å². The summed E-state index contributed by atoms with van der Waals surface area (Å²) < 4.78 is 30.7. The monoisotopic (exact) mass is 294 g/mol. The van der Waals surface area contributed by atoms with Crippen molar-refractivity contribution in [3.05, 3.63) is 28.7 Å². The van der Waals surface area contributed by atoms with Gasteiger partial charge in [0.05, 0.1) is 6.61 Å². The number of halogens is 3. The molecule has 1 aromatic carbocycles. The summed E-state index contributed by atoms with van der Waals surface area (Å²) in [6, 6.07) is 7.03. The van der Waals surface area contributed by atoms with Crippen LogP contribution in [0.4, 0.5) is 8.78 Å². The molecule has 0 aliphatic rings. The highest BCUT2D eigenvalue weighted by Crippen LogP contribution is 2.21. The molecule has 0 aliphatic heterocycles. The van der Waals surface area contributed by atoms with Gasteiger partial charge in [0.1, 0.15) is 11.4 Å². The zero-order valence-electron chi connectivity index (χ0n) is 8.79. The predicted molar refractivity (Wildman–Crippen MR) is 60.9 cm³/mol. The average Bonchev–Trinajstić information content (AvgIpc) is 2.20. The van der Waals surface area contributed by atoms with Crippen LogP contribution in [0.3, 0.4) is 0 Å². The zero-order chi connectivity index (χ0) is 12.2. The Balaban J connectivity index is 2.39. The third-order valence-corrected chi connectivity index (χ3v) is 2.69. The van der Waals surface area contributed by atoms with Gasteiger partial charge in [-0.1, -0.05) is 15.9 Å². The van der Waals surface area contributed by atoms with Crippen molar-refractivity contribution in [2.45, 2.75) is 25.4 Å². The Hall–Kier alpha value is -0.680. The van der Waals surface area contributed by atoms with Crippen molar-refractivity contribution in [1.29, 1.82) is 0 Å². The summed E-state index contributed by atoms with van der Waals surface area (Å²) in [4.78, 5) is 0. The van der Waals surface area contributed by atoms with E-state index in [1.807, 2.05) is 0 Å². The molecule has 0 aliphatic carbocycles. The zero-order valence-corrected chi connectivity index (χ0v) is 10.4. The lowest BCUT2D eigenvalue weighted by Gasteiger charge is -2.21. The second-order valence-electron chi connectivity index (χ2n) is 3.71. The van der Waals surface area contributed by atoms with E-state index in [1.54, 1.807) is 24.3 Å². The van der Waals surface area contributed by atoms with E-state index in [0.29, 0.717) is 5.75 Å². The summed E-state index contributed by atoms with van der Waals surface area (Å²) in [7, 11) is 0. The number of alkyl halides is 2. The maximum absolute atomic E-state index is 12.3. The molecule has 90 valence electrons. The summed E-state index contributed by atoms with van der Waals surface area (Å²) >= 11 is 3.27. The van der Waals surface area contributed by atoms with Gasteiger partial charge in [0.25, 0.3) is 6.43 Å². The number of ether oxygens (including phenoxy) is 1. The van der Waals surface area contributed by atoms with Gasteiger partial charge in [-0.2, -0.15) is 0 Å². The highest BCUT2D eigenvalue weighted by Gasteiger charge is 2.31. The lowest BCUT2D eigenvalue weighted by atomic mass is 10.0. The molecule has 16 heavy (non-hydrogen) atoms. The molecule has 0 saturated carbocycles. The molecule has 0 unspecified atom stereocenters. The molecule has 1 rings (SSSR count). The van der Waals surface area contributed by atoms with Crippen LogP contribution < -0.4 is 4.74 Å². The summed E-state index contributed by atoms with van der Waals surface area (Å²) in [6.07, 6.45) is -2.87. The van der Waals surface area contributed by atoms with Crippen molar-refractivity contribution in [3.8, 4) is 5.75 Å². The molecule has 0 aromatic heterocycles. The topological polar surface area (TPSA) is 29.5 Å². The van der Waals surface area contributed by atoms with E-state index in [4.69, 9.17) is 4.74 Å². The van der Waals surface area contributed by atoms with E-state index >= 15 is 0 Å². The average molecular weight is 295 g/mol. The maximum Gasteiger partial charge on any atom is 0.266 e. The fraction of sp³-hybridized carbons (Fsp3) is 0.455. The highest BCUT2D eigenvalue weighted by atomic mass is 79.9. The van der Waals surface area contributed by atoms with Crippen LogP contribution >= 0.6 is 15.9 Å². The molecule has 1 N–H and O–H groups in total. The molecule has 2 nitrogen and oxygen atoms in total. The Labute approximate surface area is 101 Å². The van der Waals surface area contributed by atoms with Gasteiger partial charge in [0, 0.05) is 10.9 Å². The Bertz CT molecular complexity index is 325. The SMILES string of the molecule is C[C@@](O)(CCOc1ccc(Br)cc1)C(F)F. The number of benzene rings is 1. The lowest BCUT2D eigenvalue weighted by Crippen LogP contribution is -2.35. The first-order valence-electron chi connectivity index (χ1n) is 4.81. The normalized spacial score (nSPS) is 14.9. The van der Waals surface area contributed by atoms with Crippen LogP contribution in [-0.4, -0.2) is 23.7 Å². The quantitative estimate of drug-likeness (QED) is 0.903. The highest BCUT2D eigenvalue weighted by molar-refractivity contribution is 9.10. The van der Waals surface area contributed by atoms with Gasteiger partial charge in [-0.3, -0.25) is 0 Å². The van der Waals surface area contributed by atoms with Crippen LogP contribution in [0.15, 0.2) is 28.7 Å². The smallest absolute Gasteiger partial charge is 0.266 e. The molecule has 0 bridgehead atoms. The summed E-state index contributed by atoms with van der Waals surface area (Å²) in [5.74, 6) is 0.591. The van der Waals surface area contributed by atoms with Gasteiger partial charge in [-0.15, -0.1) is 0 Å². The molecule has 0 saturated heterocycles. The van der Waals surface area contributed by atoms with Gasteiger partial charge in [0.15, 0.2) is 0 Å². The largest absolute Gasteiger partial charge is 0.493 e. The van der Waals surface area contributed by atoms with Crippen LogP contribution in [0.2, 0.25) is 0 Å². The first-order chi connectivity index (χ1) is 7.42. The summed E-state index contributed by atoms with van der Waals surface area (Å²) in [5.41, 5.74) is -1.99. The summed E-state index contributed by atoms with van der Waals surface area (Å²) in [6.45, 7) is 1.15. The van der Waals surface area contributed by atoms with E-state index in [1.165, 1.54) is 0 Å². The predicted octanol–water partition coefficient (Wildman–Crippen LogP) is 3.23. The van der Waals surface area contributed by atoms with E-state index in [2.05, 4.69) is 15.9 Å². The van der Waals surface area contributed by atoms with Crippen LogP contribution in [-0.2, 0) is 0 Å². The molecular formula is C11H13BrF2O2. The Kier molecular flexibility index (Phi) is 4.68. The minimum atomic E-state index is -2.76. The summed E-state index contributed by atoms with van der Waals surface area (Å²) in [5, 5.41) is 9.28. The molecule has 0 heterocycles. The Morgan fingerprint density at radius 2 is 1.94 bits per heavy atom. The standard InChI is InChI=1S/C11H13BrF2O2/c1-11(15,10(13)14)6-7-16-9-4-2-8(12)3-5-9/h2-5,10,15H,6-7H2,1H3/t11-/m1/s1. The molecule has 0 radical (unpaired) electrons. The molecular weight excluding hydrogens is 282 g/mol. The molecule has 5 heteroatoms. The fourth-order valence-electron chi connectivity index (χ4n) is 1.02. The second-order valence-corrected chi connectivity index (χ2v) is 4.63. The van der Waals surface area contributed by atoms with Crippen molar-refractivity contribution in [3.63, 3.8) is 0 Å². The van der Waals surface area contributed by atoms with Crippen LogP contribution in [0.1, 0.15) is 13.3 Å². The number of aliphatic hydroxyl groups is 1. The van der Waals surface area contributed by atoms with Crippen molar-refractivity contribution >= 4 is 15.9 Å². The van der Waals surface area contributed by atoms with Gasteiger partial charge in [0.2, 0.25) is 0 Å². The van der Waals surface area contributed by atoms with E-state index in [-0.39, 0.29) is 13.0 Å². The maximum atomic E-state index is 12.3. The Morgan fingerprint density at radius 1 is 1.38 bits per heavy atom. The molecule has 0 spiro atoms. The van der Waals surface area contributed by atoms with E-state index in [9.17, 15) is 13.9 Å². The fourth-order valence-corrected chi connectivity index (χ4v) is 1.28. The minimum absolute atomic E-state index is 0.0545. The lowest BCUT2D eigenvalue weighted by molar-refractivity contribution is -0.0926. The van der Waals surface area contributed by atoms with Crippen molar-refractivity contribution < 1.29 is 18.6 Å². The van der Waals surface area contributed by atoms with Gasteiger partial charge >= 0.3 is 0 Å². The molecule has 0 amide bonds. The van der Waals surface area contributed by atoms with Crippen molar-refractivity contribution in [2.75, 3.05) is 6.61 Å². The second kappa shape index (κ2) is 5.59. The van der Waals surface area contributed by atoms with Gasteiger partial charge < -0.3 is 9.84 Å². The first kappa shape index (κ1) is 13.4.